The van der Waals surface area contributed by atoms with Gasteiger partial charge >= 0.3 is 0 Å². The highest BCUT2D eigenvalue weighted by Crippen LogP contribution is 2.53. The van der Waals surface area contributed by atoms with Gasteiger partial charge in [-0.05, 0) is 185 Å². The fourth-order valence-electron chi connectivity index (χ4n) is 21.0. The van der Waals surface area contributed by atoms with Crippen LogP contribution in [-0.2, 0) is 37.4 Å². The van der Waals surface area contributed by atoms with Crippen LogP contribution in [0.5, 0.6) is 0 Å². The molecule has 10 nitrogen and oxygen atoms in total. The van der Waals surface area contributed by atoms with Crippen molar-refractivity contribution in [1.82, 2.24) is 18.3 Å². The minimum atomic E-state index is -2.17. The Balaban J connectivity index is 0.000000121. The lowest BCUT2D eigenvalue weighted by molar-refractivity contribution is -0.665. The highest BCUT2D eigenvalue weighted by atomic mass is 16.3. The summed E-state index contributed by atoms with van der Waals surface area (Å²) in [6.45, 7) is 34.8. The number of nitrogens with zero attached hydrogens (tertiary/aromatic N) is 7. The third-order valence-corrected chi connectivity index (χ3v) is 25.9. The molecule has 22 aromatic rings. The molecular formula is C113H108N7O3+3. The van der Waals surface area contributed by atoms with Gasteiger partial charge in [-0.2, -0.15) is 13.7 Å². The topological polar surface area (TPSA) is 70.8 Å². The van der Waals surface area contributed by atoms with E-state index in [1.807, 2.05) is 88.7 Å². The molecule has 0 amide bonds. The zero-order chi connectivity index (χ0) is 90.0. The van der Waals surface area contributed by atoms with Gasteiger partial charge in [0.15, 0.2) is 0 Å². The average molecular weight is 1620 g/mol. The SMILES string of the molecule is Cc1c(C(C)(C)C)c2c3ccccc3oc2c2c3ccccc3n(-c3cc(-n4c5ccccc5c5ccccc54)cc[n+]3C)c12.[2H]C(C)(C)c1cccc(C([2H])(C)C)c1-c1cc[n+](C)c(-n2c3ccccc3c3c4oc5ccccc5c4c(C(C)(C)C)c(C)c32)c1.[2H]C([2H])([2H])c1c[n+](C)c(-n2c3ccccc3c3c4oc5ccccc5c4c(C(C)(C)C)c(C)c32)cc1C. The average Bonchev–Trinajstić information content (AvgIpc) is 1.54. The second-order valence-corrected chi connectivity index (χ2v) is 37.6. The first-order chi connectivity index (χ1) is 60.8. The molecule has 0 saturated heterocycles. The van der Waals surface area contributed by atoms with Crippen molar-refractivity contribution in [3.05, 3.63) is 317 Å². The maximum atomic E-state index is 9.07. The van der Waals surface area contributed by atoms with E-state index < -0.39 is 18.6 Å². The lowest BCUT2D eigenvalue weighted by Crippen LogP contribution is -2.34. The van der Waals surface area contributed by atoms with Crippen LogP contribution >= 0.6 is 0 Å². The molecule has 0 bridgehead atoms. The summed E-state index contributed by atoms with van der Waals surface area (Å²) in [5.74, 6) is 1.34. The molecule has 0 N–H and O–H groups in total. The zero-order valence-corrected chi connectivity index (χ0v) is 74.2. The predicted molar refractivity (Wildman–Crippen MR) is 515 cm³/mol. The Morgan fingerprint density at radius 3 is 1.00 bits per heavy atom. The van der Waals surface area contributed by atoms with Gasteiger partial charge < -0.3 is 17.8 Å². The molecule has 0 aliphatic carbocycles. The summed E-state index contributed by atoms with van der Waals surface area (Å²) in [4.78, 5) is 0. The molecule has 10 heteroatoms. The van der Waals surface area contributed by atoms with E-state index in [-0.39, 0.29) is 16.2 Å². The van der Waals surface area contributed by atoms with Gasteiger partial charge in [-0.25, -0.2) is 13.7 Å². The third kappa shape index (κ3) is 12.0. The Hall–Kier alpha value is -13.3. The number of hydrogen-bond donors (Lipinski definition) is 0. The fraction of sp³-hybridized carbons (Fsp3) is 0.230. The van der Waals surface area contributed by atoms with Crippen molar-refractivity contribution in [3.63, 3.8) is 0 Å². The van der Waals surface area contributed by atoms with E-state index in [2.05, 4.69) is 337 Å². The molecule has 10 aromatic heterocycles. The normalized spacial score (nSPS) is 13.4. The van der Waals surface area contributed by atoms with Gasteiger partial charge in [0, 0.05) is 101 Å². The zero-order valence-electron chi connectivity index (χ0n) is 79.2. The quantitative estimate of drug-likeness (QED) is 0.149. The molecule has 0 atom stereocenters. The van der Waals surface area contributed by atoms with Gasteiger partial charge in [-0.1, -0.05) is 236 Å². The molecule has 610 valence electrons. The maximum absolute atomic E-state index is 9.07. The van der Waals surface area contributed by atoms with Crippen molar-refractivity contribution >= 4 is 153 Å². The number of furan rings is 3. The summed E-state index contributed by atoms with van der Waals surface area (Å²) in [5.41, 5.74) is 28.0. The van der Waals surface area contributed by atoms with Crippen molar-refractivity contribution in [1.29, 1.82) is 0 Å². The summed E-state index contributed by atoms with van der Waals surface area (Å²) in [6, 6.07) is 85.4. The number of fused-ring (bicyclic) bond motifs is 24. The van der Waals surface area contributed by atoms with Gasteiger partial charge in [-0.15, -0.1) is 0 Å². The molecule has 0 aliphatic heterocycles. The number of benzene rings is 12. The second-order valence-electron chi connectivity index (χ2n) is 37.6. The van der Waals surface area contributed by atoms with Gasteiger partial charge in [-0.3, -0.25) is 0 Å². The summed E-state index contributed by atoms with van der Waals surface area (Å²) in [6.07, 6.45) is 6.05. The molecule has 12 aromatic carbocycles. The first-order valence-electron chi connectivity index (χ1n) is 45.6. The molecule has 0 saturated carbocycles. The lowest BCUT2D eigenvalue weighted by atomic mass is 9.80. The van der Waals surface area contributed by atoms with Gasteiger partial charge in [0.05, 0.1) is 78.7 Å². The minimum absolute atomic E-state index is 0.0997. The Bertz CT molecular complexity index is 8340. The van der Waals surface area contributed by atoms with Crippen LogP contribution in [-0.4, -0.2) is 18.3 Å². The van der Waals surface area contributed by atoms with Crippen molar-refractivity contribution in [2.24, 2.45) is 21.1 Å². The van der Waals surface area contributed by atoms with Crippen LogP contribution in [0.2, 0.25) is 0 Å². The molecule has 0 aliphatic rings. The van der Waals surface area contributed by atoms with Crippen LogP contribution in [0.4, 0.5) is 0 Å². The van der Waals surface area contributed by atoms with Crippen molar-refractivity contribution < 1.29 is 33.8 Å². The van der Waals surface area contributed by atoms with Crippen molar-refractivity contribution in [2.45, 2.75) is 153 Å². The summed E-state index contributed by atoms with van der Waals surface area (Å²) < 4.78 is 78.2. The van der Waals surface area contributed by atoms with E-state index in [1.54, 1.807) is 6.20 Å². The van der Waals surface area contributed by atoms with Crippen LogP contribution in [0, 0.1) is 34.5 Å². The van der Waals surface area contributed by atoms with Crippen LogP contribution in [0.25, 0.3) is 187 Å². The first kappa shape index (κ1) is 72.5. The molecule has 123 heavy (non-hydrogen) atoms. The lowest BCUT2D eigenvalue weighted by Gasteiger charge is -2.23. The van der Waals surface area contributed by atoms with E-state index in [0.29, 0.717) is 5.56 Å². The molecule has 10 heterocycles. The minimum Gasteiger partial charge on any atom is -0.455 e. The molecular weight excluding hydrogens is 1500 g/mol. The van der Waals surface area contributed by atoms with Crippen molar-refractivity contribution in [2.75, 3.05) is 0 Å². The second kappa shape index (κ2) is 28.7. The smallest absolute Gasteiger partial charge is 0.288 e. The number of hydrogen-bond acceptors (Lipinski definition) is 3. The van der Waals surface area contributed by atoms with E-state index in [9.17, 15) is 0 Å². The van der Waals surface area contributed by atoms with E-state index in [1.165, 1.54) is 98.5 Å². The summed E-state index contributed by atoms with van der Waals surface area (Å²) >= 11 is 0. The number of pyridine rings is 3. The van der Waals surface area contributed by atoms with E-state index in [0.717, 1.165) is 139 Å². The molecule has 0 radical (unpaired) electrons. The summed E-state index contributed by atoms with van der Waals surface area (Å²) in [5, 5.41) is 16.4. The maximum Gasteiger partial charge on any atom is 0.288 e. The fourth-order valence-corrected chi connectivity index (χ4v) is 21.0. The highest BCUT2D eigenvalue weighted by Gasteiger charge is 2.38. The first-order valence-corrected chi connectivity index (χ1v) is 43.1. The van der Waals surface area contributed by atoms with Crippen molar-refractivity contribution in [3.8, 4) is 34.3 Å². The Morgan fingerprint density at radius 1 is 0.325 bits per heavy atom. The van der Waals surface area contributed by atoms with E-state index in [4.69, 9.17) is 20.1 Å². The van der Waals surface area contributed by atoms with E-state index >= 15 is 0 Å². The number of aryl methyl sites for hydroxylation is 8. The molecule has 0 unspecified atom stereocenters. The van der Waals surface area contributed by atoms with Gasteiger partial charge in [0.2, 0.25) is 0 Å². The predicted octanol–water partition coefficient (Wildman–Crippen LogP) is 29.0. The summed E-state index contributed by atoms with van der Waals surface area (Å²) in [7, 11) is 6.16. The largest absolute Gasteiger partial charge is 0.455 e. The van der Waals surface area contributed by atoms with Gasteiger partial charge in [0.25, 0.3) is 17.5 Å². The highest BCUT2D eigenvalue weighted by molar-refractivity contribution is 6.29. The number of para-hydroxylation sites is 8. The molecule has 0 spiro atoms. The van der Waals surface area contributed by atoms with Crippen LogP contribution in [0.15, 0.2) is 274 Å². The molecule has 22 rings (SSSR count). The molecule has 0 fully saturated rings. The van der Waals surface area contributed by atoms with Crippen LogP contribution in [0.3, 0.4) is 0 Å². The standard InChI is InChI=1S/C41H34N3O.C41H43N2O.C31H31N2O/c1-25-38(41(2,3)4)36-30-17-9-13-21-34(30)45-40(36)37-29-16-8-12-20-33(29)44(39(25)37)35-24-26(22-23-42(35)5)43-31-18-10-6-14-27(31)28-15-7-11-19-32(28)43;1-24(2)28-17-14-18-29(25(3)4)35(28)27-21-22-42(9)34(23-27)43-32-19-12-10-15-30(32)37-39(43)26(5)38(41(6,7)8)36-31-16-11-13-20-33(31)44-40(36)37;1-18-16-25(32(7)17-19(18)2)33-23-14-10-8-12-21(23)27-29(33)20(3)28(31(4,5)6)26-22-13-9-11-15-24(22)34-30(26)27/h6-24H,1-5H3;10-25H,1-9H3;8-17H,1-7H3/q3*+1/i;24D,25D;2D3. The Morgan fingerprint density at radius 2 is 0.642 bits per heavy atom. The number of rotatable bonds is 7. The monoisotopic (exact) mass is 1620 g/mol. The Labute approximate surface area is 725 Å². The Kier molecular flexibility index (Phi) is 16.9. The van der Waals surface area contributed by atoms with Crippen LogP contribution in [0.1, 0.15) is 164 Å². The van der Waals surface area contributed by atoms with Crippen LogP contribution < -0.4 is 13.7 Å². The third-order valence-electron chi connectivity index (χ3n) is 25.9. The number of aromatic nitrogens is 7. The van der Waals surface area contributed by atoms with Gasteiger partial charge in [0.1, 0.15) is 66.6 Å².